The minimum atomic E-state index is 0.673. The van der Waals surface area contributed by atoms with Crippen molar-refractivity contribution in [1.82, 2.24) is 15.1 Å². The molecule has 0 aliphatic carbocycles. The Morgan fingerprint density at radius 3 is 2.90 bits per heavy atom. The van der Waals surface area contributed by atoms with Gasteiger partial charge in [0.05, 0.1) is 6.54 Å². The summed E-state index contributed by atoms with van der Waals surface area (Å²) in [5.41, 5.74) is 2.74. The molecule has 1 aliphatic heterocycles. The highest BCUT2D eigenvalue weighted by atomic mass is 32.2. The molecule has 1 aromatic carbocycles. The summed E-state index contributed by atoms with van der Waals surface area (Å²) >= 11 is 2.07. The number of benzene rings is 1. The molecule has 0 bridgehead atoms. The first-order valence-electron chi connectivity index (χ1n) is 7.27. The van der Waals surface area contributed by atoms with Crippen LogP contribution >= 0.6 is 11.8 Å². The summed E-state index contributed by atoms with van der Waals surface area (Å²) in [4.78, 5) is 0. The Kier molecular flexibility index (Phi) is 4.77. The van der Waals surface area contributed by atoms with Crippen LogP contribution in [0.25, 0.3) is 0 Å². The van der Waals surface area contributed by atoms with Crippen molar-refractivity contribution >= 4 is 11.8 Å². The summed E-state index contributed by atoms with van der Waals surface area (Å²) in [6, 6.07) is 11.3. The second-order valence-electron chi connectivity index (χ2n) is 5.27. The number of nitrogens with zero attached hydrogens (tertiary/aromatic N) is 2. The molecule has 1 unspecified atom stereocenters. The zero-order chi connectivity index (χ0) is 13.6. The predicted octanol–water partition coefficient (Wildman–Crippen LogP) is 2.92. The highest BCUT2D eigenvalue weighted by Crippen LogP contribution is 2.18. The third kappa shape index (κ3) is 3.64. The van der Waals surface area contributed by atoms with Gasteiger partial charge in [-0.25, -0.2) is 0 Å². The van der Waals surface area contributed by atoms with Crippen molar-refractivity contribution in [3.63, 3.8) is 0 Å². The van der Waals surface area contributed by atoms with Crippen molar-refractivity contribution in [3.05, 3.63) is 53.9 Å². The molecule has 20 heavy (non-hydrogen) atoms. The molecule has 0 saturated carbocycles. The number of hydrogen-bond acceptors (Lipinski definition) is 3. The lowest BCUT2D eigenvalue weighted by Gasteiger charge is -2.23. The predicted molar refractivity (Wildman–Crippen MR) is 85.0 cm³/mol. The Labute approximate surface area is 124 Å². The highest BCUT2D eigenvalue weighted by molar-refractivity contribution is 7.99. The van der Waals surface area contributed by atoms with Crippen LogP contribution in [0, 0.1) is 0 Å². The van der Waals surface area contributed by atoms with E-state index in [0.29, 0.717) is 6.04 Å². The van der Waals surface area contributed by atoms with Crippen LogP contribution in [0.5, 0.6) is 0 Å². The van der Waals surface area contributed by atoms with Gasteiger partial charge in [0.25, 0.3) is 0 Å². The Balaban J connectivity index is 1.63. The lowest BCUT2D eigenvalue weighted by Crippen LogP contribution is -2.33. The number of rotatable bonds is 5. The van der Waals surface area contributed by atoms with Gasteiger partial charge in [-0.15, -0.1) is 0 Å². The summed E-state index contributed by atoms with van der Waals surface area (Å²) in [6.45, 7) is 1.81. The van der Waals surface area contributed by atoms with Crippen molar-refractivity contribution in [2.75, 3.05) is 11.5 Å². The van der Waals surface area contributed by atoms with Crippen molar-refractivity contribution in [1.29, 1.82) is 0 Å². The van der Waals surface area contributed by atoms with E-state index in [9.17, 15) is 0 Å². The van der Waals surface area contributed by atoms with Gasteiger partial charge in [0.1, 0.15) is 0 Å². The second-order valence-corrected chi connectivity index (χ2v) is 6.42. The van der Waals surface area contributed by atoms with E-state index in [4.69, 9.17) is 0 Å². The average Bonchev–Trinajstić information content (AvgIpc) is 3.00. The fourth-order valence-electron chi connectivity index (χ4n) is 2.61. The van der Waals surface area contributed by atoms with Gasteiger partial charge < -0.3 is 5.32 Å². The molecule has 1 saturated heterocycles. The average molecular weight is 287 g/mol. The van der Waals surface area contributed by atoms with Gasteiger partial charge in [0.15, 0.2) is 0 Å². The molecule has 4 heteroatoms. The van der Waals surface area contributed by atoms with Gasteiger partial charge >= 0.3 is 0 Å². The van der Waals surface area contributed by atoms with E-state index in [1.807, 2.05) is 23.1 Å². The van der Waals surface area contributed by atoms with E-state index in [2.05, 4.69) is 46.4 Å². The van der Waals surface area contributed by atoms with Gasteiger partial charge in [0, 0.05) is 30.7 Å². The van der Waals surface area contributed by atoms with Gasteiger partial charge in [-0.1, -0.05) is 24.3 Å². The SMILES string of the molecule is c1ccc(Cn2cccn2)c(CNC2CCCSC2)c1. The van der Waals surface area contributed by atoms with Crippen LogP contribution in [0.4, 0.5) is 0 Å². The molecule has 0 amide bonds. The van der Waals surface area contributed by atoms with Crippen LogP contribution in [0.15, 0.2) is 42.7 Å². The molecule has 1 aliphatic rings. The van der Waals surface area contributed by atoms with Gasteiger partial charge in [-0.05, 0) is 35.8 Å². The van der Waals surface area contributed by atoms with Crippen LogP contribution in [0.2, 0.25) is 0 Å². The maximum absolute atomic E-state index is 4.30. The largest absolute Gasteiger partial charge is 0.309 e. The maximum atomic E-state index is 4.30. The number of hydrogen-bond donors (Lipinski definition) is 1. The molecule has 1 aromatic heterocycles. The van der Waals surface area contributed by atoms with Crippen LogP contribution in [0.3, 0.4) is 0 Å². The molecular weight excluding hydrogens is 266 g/mol. The number of thioether (sulfide) groups is 1. The van der Waals surface area contributed by atoms with Crippen molar-refractivity contribution in [2.24, 2.45) is 0 Å². The monoisotopic (exact) mass is 287 g/mol. The van der Waals surface area contributed by atoms with E-state index >= 15 is 0 Å². The Morgan fingerprint density at radius 2 is 2.15 bits per heavy atom. The van der Waals surface area contributed by atoms with E-state index in [-0.39, 0.29) is 0 Å². The molecule has 1 fully saturated rings. The summed E-state index contributed by atoms with van der Waals surface area (Å²) < 4.78 is 1.98. The molecule has 3 rings (SSSR count). The molecule has 1 N–H and O–H groups in total. The zero-order valence-electron chi connectivity index (χ0n) is 11.7. The minimum Gasteiger partial charge on any atom is -0.309 e. The fraction of sp³-hybridized carbons (Fsp3) is 0.438. The first kappa shape index (κ1) is 13.7. The summed E-state index contributed by atoms with van der Waals surface area (Å²) in [5.74, 6) is 2.58. The first-order chi connectivity index (χ1) is 9.92. The maximum Gasteiger partial charge on any atom is 0.0662 e. The van der Waals surface area contributed by atoms with Crippen LogP contribution in [-0.2, 0) is 13.1 Å². The third-order valence-electron chi connectivity index (χ3n) is 3.75. The Bertz CT molecular complexity index is 518. The first-order valence-corrected chi connectivity index (χ1v) is 8.42. The second kappa shape index (κ2) is 6.95. The van der Waals surface area contributed by atoms with Crippen LogP contribution < -0.4 is 5.32 Å². The lowest BCUT2D eigenvalue weighted by molar-refractivity contribution is 0.505. The van der Waals surface area contributed by atoms with E-state index < -0.39 is 0 Å². The summed E-state index contributed by atoms with van der Waals surface area (Å²) in [5, 5.41) is 8.00. The Morgan fingerprint density at radius 1 is 1.25 bits per heavy atom. The van der Waals surface area contributed by atoms with E-state index in [0.717, 1.165) is 13.1 Å². The standard InChI is InChI=1S/C16H21N3S/c1-2-6-15(12-19-9-4-8-18-19)14(5-1)11-17-16-7-3-10-20-13-16/h1-2,4-6,8-9,16-17H,3,7,10-13H2. The van der Waals surface area contributed by atoms with Gasteiger partial charge in [0.2, 0.25) is 0 Å². The smallest absolute Gasteiger partial charge is 0.0662 e. The molecule has 106 valence electrons. The molecule has 1 atom stereocenters. The van der Waals surface area contributed by atoms with Crippen molar-refractivity contribution in [3.8, 4) is 0 Å². The van der Waals surface area contributed by atoms with Crippen molar-refractivity contribution < 1.29 is 0 Å². The molecule has 3 nitrogen and oxygen atoms in total. The van der Waals surface area contributed by atoms with Crippen LogP contribution in [-0.4, -0.2) is 27.3 Å². The van der Waals surface area contributed by atoms with E-state index in [1.165, 1.54) is 35.5 Å². The van der Waals surface area contributed by atoms with Crippen molar-refractivity contribution in [2.45, 2.75) is 32.0 Å². The Hall–Kier alpha value is -1.26. The van der Waals surface area contributed by atoms with Crippen LogP contribution in [0.1, 0.15) is 24.0 Å². The van der Waals surface area contributed by atoms with E-state index in [1.54, 1.807) is 0 Å². The topological polar surface area (TPSA) is 29.9 Å². The third-order valence-corrected chi connectivity index (χ3v) is 4.97. The fourth-order valence-corrected chi connectivity index (χ4v) is 3.72. The summed E-state index contributed by atoms with van der Waals surface area (Å²) in [7, 11) is 0. The molecule has 2 heterocycles. The minimum absolute atomic E-state index is 0.673. The van der Waals surface area contributed by atoms with Gasteiger partial charge in [-0.3, -0.25) is 4.68 Å². The number of aromatic nitrogens is 2. The molecular formula is C16H21N3S. The summed E-state index contributed by atoms with van der Waals surface area (Å²) in [6.07, 6.45) is 6.51. The quantitative estimate of drug-likeness (QED) is 0.917. The highest BCUT2D eigenvalue weighted by Gasteiger charge is 2.13. The molecule has 2 aromatic rings. The molecule has 0 radical (unpaired) electrons. The van der Waals surface area contributed by atoms with Gasteiger partial charge in [-0.2, -0.15) is 16.9 Å². The normalized spacial score (nSPS) is 19.1. The zero-order valence-corrected chi connectivity index (χ0v) is 12.5. The number of nitrogens with one attached hydrogen (secondary N) is 1. The molecule has 0 spiro atoms. The lowest BCUT2D eigenvalue weighted by atomic mass is 10.1.